The lowest BCUT2D eigenvalue weighted by Gasteiger charge is -2.23. The van der Waals surface area contributed by atoms with Gasteiger partial charge in [0.15, 0.2) is 0 Å². The summed E-state index contributed by atoms with van der Waals surface area (Å²) in [6.07, 6.45) is 0.418. The molecule has 1 rings (SSSR count). The normalized spacial score (nSPS) is 12.2. The van der Waals surface area contributed by atoms with Gasteiger partial charge in [-0.1, -0.05) is 12.1 Å². The van der Waals surface area contributed by atoms with Crippen LogP contribution in [0.15, 0.2) is 24.3 Å². The van der Waals surface area contributed by atoms with Crippen LogP contribution < -0.4 is 5.73 Å². The highest BCUT2D eigenvalue weighted by Crippen LogP contribution is 2.11. The Kier molecular flexibility index (Phi) is 5.61. The maximum atomic E-state index is 12.0. The zero-order valence-electron chi connectivity index (χ0n) is 10.5. The quantitative estimate of drug-likeness (QED) is 0.670. The number of aromatic hydroxyl groups is 1. The number of amides is 1. The molecule has 5 heteroatoms. The zero-order chi connectivity index (χ0) is 13.5. The number of phenols is 1. The topological polar surface area (TPSA) is 86.8 Å². The van der Waals surface area contributed by atoms with E-state index in [0.717, 1.165) is 5.56 Å². The van der Waals surface area contributed by atoms with Crippen LogP contribution in [0, 0.1) is 0 Å². The molecule has 0 heterocycles. The van der Waals surface area contributed by atoms with Crippen molar-refractivity contribution in [3.63, 3.8) is 0 Å². The van der Waals surface area contributed by atoms with Gasteiger partial charge in [-0.3, -0.25) is 4.79 Å². The van der Waals surface area contributed by atoms with Crippen LogP contribution in [0.4, 0.5) is 0 Å². The van der Waals surface area contributed by atoms with E-state index in [2.05, 4.69) is 0 Å². The van der Waals surface area contributed by atoms with Crippen LogP contribution in [-0.4, -0.2) is 46.8 Å². The Bertz CT molecular complexity index is 378. The van der Waals surface area contributed by atoms with Crippen molar-refractivity contribution in [2.75, 3.05) is 19.7 Å². The van der Waals surface area contributed by atoms with E-state index in [1.54, 1.807) is 24.3 Å². The fourth-order valence-corrected chi connectivity index (χ4v) is 1.75. The molecule has 0 fully saturated rings. The molecular weight excluding hydrogens is 232 g/mol. The molecule has 0 aliphatic carbocycles. The average Bonchev–Trinajstić information content (AvgIpc) is 2.37. The maximum Gasteiger partial charge on any atom is 0.239 e. The second kappa shape index (κ2) is 6.98. The van der Waals surface area contributed by atoms with E-state index in [4.69, 9.17) is 15.9 Å². The van der Waals surface area contributed by atoms with E-state index in [-0.39, 0.29) is 18.3 Å². The summed E-state index contributed by atoms with van der Waals surface area (Å²) in [5.41, 5.74) is 6.76. The standard InChI is InChI=1S/C13H20N2O3/c1-2-15(7-8-16)13(18)12(14)9-10-3-5-11(17)6-4-10/h3-6,12,16-17H,2,7-9,14H2,1H3/t12-/m1/s1. The molecule has 18 heavy (non-hydrogen) atoms. The van der Waals surface area contributed by atoms with Crippen LogP contribution in [0.1, 0.15) is 12.5 Å². The minimum atomic E-state index is -0.624. The summed E-state index contributed by atoms with van der Waals surface area (Å²) in [4.78, 5) is 13.5. The summed E-state index contributed by atoms with van der Waals surface area (Å²) in [5.74, 6) is 0.0220. The number of nitrogens with two attached hydrogens (primary N) is 1. The van der Waals surface area contributed by atoms with Gasteiger partial charge in [-0.2, -0.15) is 0 Å². The Hall–Kier alpha value is -1.59. The Morgan fingerprint density at radius 2 is 2.00 bits per heavy atom. The number of aliphatic hydroxyl groups is 1. The van der Waals surface area contributed by atoms with Crippen LogP contribution >= 0.6 is 0 Å². The number of hydrogen-bond donors (Lipinski definition) is 3. The van der Waals surface area contributed by atoms with E-state index in [0.29, 0.717) is 19.5 Å². The highest BCUT2D eigenvalue weighted by atomic mass is 16.3. The molecule has 0 aliphatic heterocycles. The van der Waals surface area contributed by atoms with Crippen molar-refractivity contribution < 1.29 is 15.0 Å². The van der Waals surface area contributed by atoms with E-state index in [9.17, 15) is 4.79 Å². The molecular formula is C13H20N2O3. The Labute approximate surface area is 107 Å². The first kappa shape index (κ1) is 14.5. The first-order chi connectivity index (χ1) is 8.58. The van der Waals surface area contributed by atoms with Crippen molar-refractivity contribution >= 4 is 5.91 Å². The second-order valence-corrected chi connectivity index (χ2v) is 4.12. The molecule has 1 amide bonds. The molecule has 1 aromatic carbocycles. The predicted octanol–water partition coefficient (Wildman–Crippen LogP) is 0.103. The summed E-state index contributed by atoms with van der Waals surface area (Å²) in [7, 11) is 0. The zero-order valence-corrected chi connectivity index (χ0v) is 10.5. The number of benzene rings is 1. The van der Waals surface area contributed by atoms with Gasteiger partial charge in [-0.15, -0.1) is 0 Å². The first-order valence-electron chi connectivity index (χ1n) is 6.01. The number of likely N-dealkylation sites (N-methyl/N-ethyl adjacent to an activating group) is 1. The average molecular weight is 252 g/mol. The third-order valence-corrected chi connectivity index (χ3v) is 2.77. The highest BCUT2D eigenvalue weighted by Gasteiger charge is 2.19. The number of carbonyl (C=O) groups excluding carboxylic acids is 1. The van der Waals surface area contributed by atoms with Gasteiger partial charge in [0.1, 0.15) is 5.75 Å². The van der Waals surface area contributed by atoms with Gasteiger partial charge >= 0.3 is 0 Å². The number of carbonyl (C=O) groups is 1. The molecule has 1 atom stereocenters. The van der Waals surface area contributed by atoms with Crippen molar-refractivity contribution in [3.05, 3.63) is 29.8 Å². The van der Waals surface area contributed by atoms with Gasteiger partial charge in [0.05, 0.1) is 12.6 Å². The van der Waals surface area contributed by atoms with Gasteiger partial charge in [-0.25, -0.2) is 0 Å². The van der Waals surface area contributed by atoms with Crippen molar-refractivity contribution in [3.8, 4) is 5.75 Å². The van der Waals surface area contributed by atoms with E-state index in [1.165, 1.54) is 4.90 Å². The molecule has 0 saturated carbocycles. The SMILES string of the molecule is CCN(CCO)C(=O)[C@H](N)Cc1ccc(O)cc1. The fraction of sp³-hybridized carbons (Fsp3) is 0.462. The predicted molar refractivity (Wildman–Crippen MR) is 69.1 cm³/mol. The molecule has 0 saturated heterocycles. The monoisotopic (exact) mass is 252 g/mol. The summed E-state index contributed by atoms with van der Waals surface area (Å²) >= 11 is 0. The summed E-state index contributed by atoms with van der Waals surface area (Å²) in [6, 6.07) is 5.99. The van der Waals surface area contributed by atoms with Crippen LogP contribution in [0.25, 0.3) is 0 Å². The molecule has 0 spiro atoms. The van der Waals surface area contributed by atoms with Gasteiger partial charge < -0.3 is 20.8 Å². The second-order valence-electron chi connectivity index (χ2n) is 4.12. The van der Waals surface area contributed by atoms with Crippen LogP contribution in [-0.2, 0) is 11.2 Å². The van der Waals surface area contributed by atoms with Gasteiger partial charge in [0, 0.05) is 13.1 Å². The van der Waals surface area contributed by atoms with E-state index in [1.807, 2.05) is 6.92 Å². The molecule has 1 aromatic rings. The molecule has 5 nitrogen and oxygen atoms in total. The van der Waals surface area contributed by atoms with Crippen LogP contribution in [0.3, 0.4) is 0 Å². The molecule has 4 N–H and O–H groups in total. The molecule has 0 bridgehead atoms. The Balaban J connectivity index is 2.61. The maximum absolute atomic E-state index is 12.0. The van der Waals surface area contributed by atoms with Gasteiger partial charge in [0.2, 0.25) is 5.91 Å². The lowest BCUT2D eigenvalue weighted by molar-refractivity contribution is -0.132. The van der Waals surface area contributed by atoms with E-state index < -0.39 is 6.04 Å². The van der Waals surface area contributed by atoms with Crippen molar-refractivity contribution in [2.24, 2.45) is 5.73 Å². The number of rotatable bonds is 6. The lowest BCUT2D eigenvalue weighted by atomic mass is 10.1. The number of hydrogen-bond acceptors (Lipinski definition) is 4. The van der Waals surface area contributed by atoms with Crippen molar-refractivity contribution in [2.45, 2.75) is 19.4 Å². The minimum absolute atomic E-state index is 0.0640. The smallest absolute Gasteiger partial charge is 0.239 e. The van der Waals surface area contributed by atoms with E-state index >= 15 is 0 Å². The third kappa shape index (κ3) is 4.01. The van der Waals surface area contributed by atoms with Crippen molar-refractivity contribution in [1.29, 1.82) is 0 Å². The number of nitrogens with zero attached hydrogens (tertiary/aromatic N) is 1. The molecule has 0 unspecified atom stereocenters. The first-order valence-corrected chi connectivity index (χ1v) is 6.01. The molecule has 100 valence electrons. The number of phenolic OH excluding ortho intramolecular Hbond substituents is 1. The van der Waals surface area contributed by atoms with Crippen molar-refractivity contribution in [1.82, 2.24) is 4.90 Å². The summed E-state index contributed by atoms with van der Waals surface area (Å²) < 4.78 is 0. The van der Waals surface area contributed by atoms with Crippen LogP contribution in [0.2, 0.25) is 0 Å². The van der Waals surface area contributed by atoms with Gasteiger partial charge in [-0.05, 0) is 31.0 Å². The van der Waals surface area contributed by atoms with Crippen LogP contribution in [0.5, 0.6) is 5.75 Å². The van der Waals surface area contributed by atoms with Gasteiger partial charge in [0.25, 0.3) is 0 Å². The summed E-state index contributed by atoms with van der Waals surface area (Å²) in [5, 5.41) is 18.0. The molecule has 0 aliphatic rings. The largest absolute Gasteiger partial charge is 0.508 e. The Morgan fingerprint density at radius 3 is 2.50 bits per heavy atom. The lowest BCUT2D eigenvalue weighted by Crippen LogP contribution is -2.45. The Morgan fingerprint density at radius 1 is 1.39 bits per heavy atom. The highest BCUT2D eigenvalue weighted by molar-refractivity contribution is 5.82. The number of aliphatic hydroxyl groups excluding tert-OH is 1. The molecule has 0 radical (unpaired) electrons. The third-order valence-electron chi connectivity index (χ3n) is 2.77. The fourth-order valence-electron chi connectivity index (χ4n) is 1.75. The summed E-state index contributed by atoms with van der Waals surface area (Å²) in [6.45, 7) is 2.62. The molecule has 0 aromatic heterocycles. The minimum Gasteiger partial charge on any atom is -0.508 e.